The van der Waals surface area contributed by atoms with E-state index in [1.54, 1.807) is 0 Å². The molecule has 5 nitrogen and oxygen atoms in total. The number of benzene rings is 8. The Bertz CT molecular complexity index is 4480. The summed E-state index contributed by atoms with van der Waals surface area (Å²) >= 11 is 0. The molecule has 0 N–H and O–H groups in total. The highest BCUT2D eigenvalue weighted by Gasteiger charge is 2.73. The molecule has 0 radical (unpaired) electrons. The highest BCUT2D eigenvalue weighted by Crippen LogP contribution is 2.58. The summed E-state index contributed by atoms with van der Waals surface area (Å²) in [4.78, 5) is 0. The first-order valence-electron chi connectivity index (χ1n) is 25.0. The molecule has 10 aromatic rings. The zero-order chi connectivity index (χ0) is 46.3. The summed E-state index contributed by atoms with van der Waals surface area (Å²) in [6, 6.07) is 36.2. The summed E-state index contributed by atoms with van der Waals surface area (Å²) in [7, 11) is 0. The number of nitrogens with zero attached hydrogens (tertiary/aromatic N) is 4. The lowest BCUT2D eigenvalue weighted by Crippen LogP contribution is -2.69. The van der Waals surface area contributed by atoms with E-state index in [0.717, 1.165) is 18.6 Å². The van der Waals surface area contributed by atoms with Crippen LogP contribution in [-0.2, 0) is 5.91 Å². The van der Waals surface area contributed by atoms with Crippen LogP contribution in [0, 0.1) is 48.5 Å². The summed E-state index contributed by atoms with van der Waals surface area (Å²) in [6.07, 6.45) is 12.3. The molecule has 330 valence electrons. The van der Waals surface area contributed by atoms with Crippen molar-refractivity contribution in [2.24, 2.45) is 0 Å². The third-order valence-electron chi connectivity index (χ3n) is 17.6. The Morgan fingerprint density at radius 2 is 0.797 bits per heavy atom. The molecule has 0 unspecified atom stereocenters. The van der Waals surface area contributed by atoms with E-state index in [1.807, 2.05) is 0 Å². The molecule has 69 heavy (non-hydrogen) atoms. The summed E-state index contributed by atoms with van der Waals surface area (Å²) in [5.41, 5.74) is 22.1. The van der Waals surface area contributed by atoms with Gasteiger partial charge in [-0.05, 0) is 132 Å². The lowest BCUT2D eigenvalue weighted by Gasteiger charge is -2.37. The van der Waals surface area contributed by atoms with Crippen molar-refractivity contribution in [3.63, 3.8) is 0 Å². The lowest BCUT2D eigenvalue weighted by molar-refractivity contribution is -0.805. The van der Waals surface area contributed by atoms with Gasteiger partial charge in [-0.25, -0.2) is 0 Å². The Balaban J connectivity index is 1.23. The van der Waals surface area contributed by atoms with Gasteiger partial charge in [0.15, 0.2) is 0 Å². The SMILES string of the molecule is CCCCOc1c2ccccc2c(C)c2c3n4c(c12)C=C1c2c(c(C)c5ccccc5c2C)C2=[N+]1[C@@]41n4c(c5c(C)c6ccccc6c(C)c5c4=C2)=CC2=[N+]1C(=C3)c1c2c(C)c2ccccc2c1C. The van der Waals surface area contributed by atoms with E-state index in [9.17, 15) is 0 Å². The molecular weight excluding hydrogens is 841 g/mol. The standard InChI is InChI=1S/C64H50N4O/c1-9-10-27-69-63-46-26-18-17-25-45(46)38(8)61-53-30-51-59-36(6)43-23-14-13-21-41(43)34(4)57(59)49-28-47-55-32(2)39-19-11-12-20-40(39)33(3)56(55)48-29-50-58-35(5)42-22-15-16-24-44(42)37(7)60(58)52-31-54(62(61)63)68(53)64(65(47)48,66(49)51)67(50)52/h11-26,28-31H,9-10,27H2,1-8H3/q+2/t64-/m0/s1. The second-order valence-electron chi connectivity index (χ2n) is 20.7. The van der Waals surface area contributed by atoms with Crippen LogP contribution in [0.2, 0.25) is 0 Å². The number of ether oxygens (including phenoxy) is 1. The van der Waals surface area contributed by atoms with Crippen molar-refractivity contribution < 1.29 is 13.9 Å². The average Bonchev–Trinajstić information content (AvgIpc) is 4.11. The number of unbranched alkanes of at least 4 members (excludes halogenated alkanes) is 1. The monoisotopic (exact) mass is 890 g/mol. The van der Waals surface area contributed by atoms with E-state index in [1.165, 1.54) is 171 Å². The quantitative estimate of drug-likeness (QED) is 0.128. The molecule has 0 amide bonds. The molecule has 1 spiro atoms. The van der Waals surface area contributed by atoms with Crippen LogP contribution < -0.4 is 15.4 Å². The predicted molar refractivity (Wildman–Crippen MR) is 286 cm³/mol. The van der Waals surface area contributed by atoms with Crippen LogP contribution in [-0.4, -0.2) is 36.3 Å². The van der Waals surface area contributed by atoms with Gasteiger partial charge < -0.3 is 4.74 Å². The molecule has 6 aliphatic rings. The van der Waals surface area contributed by atoms with Crippen LogP contribution >= 0.6 is 0 Å². The molecule has 8 heterocycles. The topological polar surface area (TPSA) is 25.1 Å². The summed E-state index contributed by atoms with van der Waals surface area (Å²) < 4.78 is 18.4. The van der Waals surface area contributed by atoms with Crippen molar-refractivity contribution in [2.45, 2.75) is 74.1 Å². The molecule has 5 heteroatoms. The van der Waals surface area contributed by atoms with E-state index in [0.29, 0.717) is 6.61 Å². The molecule has 6 aliphatic heterocycles. The molecule has 2 aromatic heterocycles. The number of aromatic nitrogens is 2. The van der Waals surface area contributed by atoms with Crippen molar-refractivity contribution in [3.8, 4) is 5.75 Å². The molecule has 0 aliphatic carbocycles. The molecule has 16 rings (SSSR count). The second-order valence-corrected chi connectivity index (χ2v) is 20.7. The molecular formula is C64H50N4O+2. The van der Waals surface area contributed by atoms with Gasteiger partial charge in [-0.3, -0.25) is 0 Å². The first-order valence-corrected chi connectivity index (χ1v) is 25.0. The number of hydrogen-bond acceptors (Lipinski definition) is 1. The summed E-state index contributed by atoms with van der Waals surface area (Å²) in [6.45, 7) is 19.5. The van der Waals surface area contributed by atoms with Crippen molar-refractivity contribution in [1.82, 2.24) is 9.13 Å². The van der Waals surface area contributed by atoms with E-state index >= 15 is 0 Å². The largest absolute Gasteiger partial charge is 0.553 e. The molecule has 0 saturated heterocycles. The van der Waals surface area contributed by atoms with Crippen LogP contribution in [0.5, 0.6) is 5.75 Å². The Morgan fingerprint density at radius 1 is 0.420 bits per heavy atom. The van der Waals surface area contributed by atoms with E-state index < -0.39 is 5.91 Å². The van der Waals surface area contributed by atoms with Gasteiger partial charge in [0.2, 0.25) is 22.8 Å². The van der Waals surface area contributed by atoms with Crippen LogP contribution in [0.25, 0.3) is 100 Å². The summed E-state index contributed by atoms with van der Waals surface area (Å²) in [5, 5.41) is 18.0. The Kier molecular flexibility index (Phi) is 6.91. The maximum atomic E-state index is 7.23. The van der Waals surface area contributed by atoms with Gasteiger partial charge in [0.25, 0.3) is 0 Å². The molecule has 8 aromatic carbocycles. The van der Waals surface area contributed by atoms with E-state index in [2.05, 4.69) is 195 Å². The van der Waals surface area contributed by atoms with Crippen LogP contribution in [0.4, 0.5) is 0 Å². The highest BCUT2D eigenvalue weighted by atomic mass is 16.5. The number of aryl methyl sites for hydroxylation is 7. The normalized spacial score (nSPS) is 17.5. The molecule has 0 bridgehead atoms. The number of hydrogen-bond donors (Lipinski definition) is 0. The van der Waals surface area contributed by atoms with Crippen molar-refractivity contribution >= 4 is 112 Å². The first-order chi connectivity index (χ1) is 33.7. The smallest absolute Gasteiger partial charge is 0.492 e. The zero-order valence-corrected chi connectivity index (χ0v) is 40.4. The van der Waals surface area contributed by atoms with E-state index in [4.69, 9.17) is 4.74 Å². The van der Waals surface area contributed by atoms with Crippen molar-refractivity contribution in [1.29, 1.82) is 0 Å². The fraction of sp³-hybridized carbons (Fsp3) is 0.188. The van der Waals surface area contributed by atoms with Crippen LogP contribution in [0.1, 0.15) is 92.4 Å². The number of rotatable bonds is 4. The minimum Gasteiger partial charge on any atom is -0.492 e. The van der Waals surface area contributed by atoms with Gasteiger partial charge >= 0.3 is 5.91 Å². The highest BCUT2D eigenvalue weighted by molar-refractivity contribution is 6.30. The third-order valence-corrected chi connectivity index (χ3v) is 17.6. The molecule has 1 atom stereocenters. The first kappa shape index (κ1) is 38.2. The maximum absolute atomic E-state index is 7.23. The van der Waals surface area contributed by atoms with Crippen molar-refractivity contribution in [2.75, 3.05) is 6.61 Å². The van der Waals surface area contributed by atoms with E-state index in [-0.39, 0.29) is 0 Å². The third kappa shape index (κ3) is 4.03. The average molecular weight is 891 g/mol. The van der Waals surface area contributed by atoms with Crippen LogP contribution in [0.15, 0.2) is 97.1 Å². The Morgan fingerprint density at radius 3 is 1.25 bits per heavy atom. The minimum absolute atomic E-state index is 0.662. The predicted octanol–water partition coefficient (Wildman–Crippen LogP) is 12.9. The lowest BCUT2D eigenvalue weighted by atomic mass is 9.87. The van der Waals surface area contributed by atoms with Crippen molar-refractivity contribution in [3.05, 3.63) is 180 Å². The fourth-order valence-electron chi connectivity index (χ4n) is 14.8. The van der Waals surface area contributed by atoms with Gasteiger partial charge in [0, 0.05) is 45.8 Å². The van der Waals surface area contributed by atoms with Gasteiger partial charge in [0.05, 0.1) is 56.3 Å². The molecule has 0 fully saturated rings. The maximum Gasteiger partial charge on any atom is 0.553 e. The zero-order valence-electron chi connectivity index (χ0n) is 40.4. The Labute approximate surface area is 399 Å². The van der Waals surface area contributed by atoms with Gasteiger partial charge in [0.1, 0.15) is 5.75 Å². The van der Waals surface area contributed by atoms with Crippen LogP contribution in [0.3, 0.4) is 0 Å². The molecule has 0 saturated carbocycles. The Hall–Kier alpha value is -7.76. The number of fused-ring (bicyclic) bond motifs is 16. The second kappa shape index (κ2) is 12.5. The minimum atomic E-state index is -0.936. The van der Waals surface area contributed by atoms with Gasteiger partial charge in [-0.15, -0.1) is 0 Å². The fourth-order valence-corrected chi connectivity index (χ4v) is 14.8. The van der Waals surface area contributed by atoms with Gasteiger partial charge in [-0.1, -0.05) is 120 Å². The van der Waals surface area contributed by atoms with Gasteiger partial charge in [-0.2, -0.15) is 9.13 Å². The summed E-state index contributed by atoms with van der Waals surface area (Å²) in [5.74, 6) is 0.0582.